The number of rotatable bonds is 4. The van der Waals surface area contributed by atoms with E-state index in [0.29, 0.717) is 0 Å². The second-order valence-electron chi connectivity index (χ2n) is 7.38. The number of carbonyl (C=O) groups excluding carboxylic acids is 1. The van der Waals surface area contributed by atoms with Crippen molar-refractivity contribution in [2.75, 3.05) is 13.2 Å². The molecule has 8 heteroatoms. The largest absolute Gasteiger partial charge is 0.444 e. The van der Waals surface area contributed by atoms with Gasteiger partial charge in [-0.05, 0) is 34.6 Å². The zero-order chi connectivity index (χ0) is 17.3. The third-order valence-corrected chi connectivity index (χ3v) is 3.62. The molecule has 0 aromatic heterocycles. The zero-order valence-corrected chi connectivity index (χ0v) is 14.1. The van der Waals surface area contributed by atoms with E-state index in [-0.39, 0.29) is 13.0 Å². The summed E-state index contributed by atoms with van der Waals surface area (Å²) in [6, 6.07) is -0.535. The molecule has 8 nitrogen and oxygen atoms in total. The monoisotopic (exact) mass is 318 g/mol. The standard InChI is InChI=1S/C14H26N2O6/c1-12(2,3)22-11(18)15-10(8-21-13(15,4)5)7-14(6,9-17)16(19)20/h10,17H,7-9H2,1-6H3/t10?,14-/m0/s1. The number of amides is 1. The summed E-state index contributed by atoms with van der Waals surface area (Å²) < 4.78 is 11.0. The highest BCUT2D eigenvalue weighted by Crippen LogP contribution is 2.33. The molecule has 0 saturated carbocycles. The lowest BCUT2D eigenvalue weighted by atomic mass is 9.94. The van der Waals surface area contributed by atoms with Gasteiger partial charge in [0.05, 0.1) is 12.6 Å². The number of hydrogen-bond donors (Lipinski definition) is 1. The predicted molar refractivity (Wildman–Crippen MR) is 79.0 cm³/mol. The fourth-order valence-corrected chi connectivity index (χ4v) is 2.42. The number of nitro groups is 1. The van der Waals surface area contributed by atoms with Crippen LogP contribution in [0, 0.1) is 10.1 Å². The van der Waals surface area contributed by atoms with Gasteiger partial charge in [-0.1, -0.05) is 0 Å². The smallest absolute Gasteiger partial charge is 0.412 e. The summed E-state index contributed by atoms with van der Waals surface area (Å²) in [6.07, 6.45) is -0.595. The minimum absolute atomic E-state index is 0.0147. The summed E-state index contributed by atoms with van der Waals surface area (Å²) in [5.74, 6) is 0. The molecule has 0 spiro atoms. The molecular formula is C14H26N2O6. The van der Waals surface area contributed by atoms with Crippen LogP contribution in [0.25, 0.3) is 0 Å². The summed E-state index contributed by atoms with van der Waals surface area (Å²) in [6.45, 7) is 9.56. The summed E-state index contributed by atoms with van der Waals surface area (Å²) in [7, 11) is 0. The molecule has 1 unspecified atom stereocenters. The first-order valence-electron chi connectivity index (χ1n) is 7.24. The molecule has 1 aliphatic heterocycles. The maximum Gasteiger partial charge on any atom is 0.412 e. The van der Waals surface area contributed by atoms with Gasteiger partial charge in [0.1, 0.15) is 17.9 Å². The summed E-state index contributed by atoms with van der Waals surface area (Å²) in [4.78, 5) is 24.5. The lowest BCUT2D eigenvalue weighted by Gasteiger charge is -2.36. The van der Waals surface area contributed by atoms with Gasteiger partial charge in [0, 0.05) is 18.3 Å². The topological polar surface area (TPSA) is 102 Å². The maximum absolute atomic E-state index is 12.4. The van der Waals surface area contributed by atoms with E-state index >= 15 is 0 Å². The van der Waals surface area contributed by atoms with Crippen molar-refractivity contribution in [3.8, 4) is 0 Å². The van der Waals surface area contributed by atoms with Crippen molar-refractivity contribution in [2.24, 2.45) is 0 Å². The van der Waals surface area contributed by atoms with E-state index in [0.717, 1.165) is 0 Å². The van der Waals surface area contributed by atoms with Gasteiger partial charge in [-0.15, -0.1) is 0 Å². The molecule has 1 aliphatic rings. The minimum atomic E-state index is -1.53. The lowest BCUT2D eigenvalue weighted by Crippen LogP contribution is -2.53. The molecule has 0 bridgehead atoms. The summed E-state index contributed by atoms with van der Waals surface area (Å²) in [5.41, 5.74) is -3.13. The molecule has 1 fully saturated rings. The normalized spacial score (nSPS) is 24.0. The second kappa shape index (κ2) is 6.00. The molecule has 128 valence electrons. The van der Waals surface area contributed by atoms with Crippen molar-refractivity contribution in [1.29, 1.82) is 0 Å². The zero-order valence-electron chi connectivity index (χ0n) is 14.1. The van der Waals surface area contributed by atoms with Crippen LogP contribution in [0.1, 0.15) is 48.0 Å². The SMILES string of the molecule is CC(C)(C)OC(=O)N1C(C[C@@](C)(CO)[N+](=O)[O-])COC1(C)C. The van der Waals surface area contributed by atoms with Gasteiger partial charge < -0.3 is 14.6 Å². The molecular weight excluding hydrogens is 292 g/mol. The van der Waals surface area contributed by atoms with Gasteiger partial charge in [0.2, 0.25) is 5.54 Å². The van der Waals surface area contributed by atoms with Crippen molar-refractivity contribution >= 4 is 6.09 Å². The molecule has 22 heavy (non-hydrogen) atoms. The Labute approximate surface area is 130 Å². The molecule has 0 radical (unpaired) electrons. The Morgan fingerprint density at radius 1 is 1.45 bits per heavy atom. The summed E-state index contributed by atoms with van der Waals surface area (Å²) in [5, 5.41) is 20.5. The van der Waals surface area contributed by atoms with Crippen LogP contribution < -0.4 is 0 Å². The molecule has 1 saturated heterocycles. The molecule has 0 aromatic rings. The summed E-state index contributed by atoms with van der Waals surface area (Å²) >= 11 is 0. The van der Waals surface area contributed by atoms with Crippen molar-refractivity contribution in [3.05, 3.63) is 10.1 Å². The third-order valence-electron chi connectivity index (χ3n) is 3.62. The van der Waals surface area contributed by atoms with E-state index in [1.165, 1.54) is 11.8 Å². The minimum Gasteiger partial charge on any atom is -0.444 e. The fourth-order valence-electron chi connectivity index (χ4n) is 2.42. The van der Waals surface area contributed by atoms with E-state index in [1.54, 1.807) is 34.6 Å². The van der Waals surface area contributed by atoms with Crippen LogP contribution in [0.15, 0.2) is 0 Å². The Kier molecular flexibility index (Phi) is 5.08. The van der Waals surface area contributed by atoms with E-state index in [2.05, 4.69) is 0 Å². The molecule has 1 N–H and O–H groups in total. The van der Waals surface area contributed by atoms with Crippen LogP contribution >= 0.6 is 0 Å². The third kappa shape index (κ3) is 4.07. The van der Waals surface area contributed by atoms with Crippen LogP contribution in [0.3, 0.4) is 0 Å². The molecule has 2 atom stereocenters. The van der Waals surface area contributed by atoms with E-state index in [1.807, 2.05) is 0 Å². The Bertz CT molecular complexity index is 445. The Morgan fingerprint density at radius 2 is 2.00 bits per heavy atom. The highest BCUT2D eigenvalue weighted by Gasteiger charge is 2.50. The average molecular weight is 318 g/mol. The average Bonchev–Trinajstić information content (AvgIpc) is 2.61. The number of nitrogens with zero attached hydrogens (tertiary/aromatic N) is 2. The van der Waals surface area contributed by atoms with E-state index < -0.39 is 40.5 Å². The van der Waals surface area contributed by atoms with Gasteiger partial charge >= 0.3 is 6.09 Å². The highest BCUT2D eigenvalue weighted by atomic mass is 16.6. The first kappa shape index (κ1) is 18.6. The van der Waals surface area contributed by atoms with Crippen molar-refractivity contribution < 1.29 is 24.3 Å². The molecule has 1 heterocycles. The second-order valence-corrected chi connectivity index (χ2v) is 7.38. The lowest BCUT2D eigenvalue weighted by molar-refractivity contribution is -0.571. The van der Waals surface area contributed by atoms with Crippen LogP contribution in [-0.4, -0.2) is 57.1 Å². The maximum atomic E-state index is 12.4. The van der Waals surface area contributed by atoms with Crippen LogP contribution in [0.5, 0.6) is 0 Å². The van der Waals surface area contributed by atoms with Crippen molar-refractivity contribution in [1.82, 2.24) is 4.90 Å². The molecule has 0 aliphatic carbocycles. The van der Waals surface area contributed by atoms with Crippen molar-refractivity contribution in [2.45, 2.75) is 70.9 Å². The van der Waals surface area contributed by atoms with Crippen LogP contribution in [0.2, 0.25) is 0 Å². The molecule has 0 aromatic carbocycles. The first-order chi connectivity index (χ1) is 9.82. The number of ether oxygens (including phenoxy) is 2. The number of carbonyl (C=O) groups is 1. The molecule has 1 rings (SSSR count). The first-order valence-corrected chi connectivity index (χ1v) is 7.24. The van der Waals surface area contributed by atoms with Gasteiger partial charge in [-0.3, -0.25) is 15.0 Å². The number of aliphatic hydroxyl groups excluding tert-OH is 1. The number of aliphatic hydroxyl groups is 1. The van der Waals surface area contributed by atoms with Crippen LogP contribution in [-0.2, 0) is 9.47 Å². The van der Waals surface area contributed by atoms with Crippen molar-refractivity contribution in [3.63, 3.8) is 0 Å². The van der Waals surface area contributed by atoms with Gasteiger partial charge in [0.15, 0.2) is 0 Å². The fraction of sp³-hybridized carbons (Fsp3) is 0.929. The van der Waals surface area contributed by atoms with Gasteiger partial charge in [-0.2, -0.15) is 0 Å². The number of hydrogen-bond acceptors (Lipinski definition) is 6. The Balaban J connectivity index is 2.99. The molecule has 1 amide bonds. The van der Waals surface area contributed by atoms with E-state index in [4.69, 9.17) is 9.47 Å². The highest BCUT2D eigenvalue weighted by molar-refractivity contribution is 5.69. The van der Waals surface area contributed by atoms with E-state index in [9.17, 15) is 20.0 Å². The quantitative estimate of drug-likeness (QED) is 0.626. The Morgan fingerprint density at radius 3 is 2.41 bits per heavy atom. The van der Waals surface area contributed by atoms with Gasteiger partial charge in [-0.25, -0.2) is 4.79 Å². The Hall–Kier alpha value is -1.41. The predicted octanol–water partition coefficient (Wildman–Crippen LogP) is 1.78. The van der Waals surface area contributed by atoms with Crippen LogP contribution in [0.4, 0.5) is 4.79 Å². The van der Waals surface area contributed by atoms with Gasteiger partial charge in [0.25, 0.3) is 0 Å².